The average molecular weight is 508 g/mol. The lowest BCUT2D eigenvalue weighted by Crippen LogP contribution is -2.59. The number of benzene rings is 1. The third kappa shape index (κ3) is 10.0. The highest BCUT2D eigenvalue weighted by atomic mass is 16.4. The largest absolute Gasteiger partial charge is 0.480 e. The highest BCUT2D eigenvalue weighted by molar-refractivity contribution is 5.94. The van der Waals surface area contributed by atoms with Crippen LogP contribution < -0.4 is 27.4 Å². The Balaban J connectivity index is 3.16. The van der Waals surface area contributed by atoms with Crippen LogP contribution in [0.2, 0.25) is 0 Å². The van der Waals surface area contributed by atoms with Crippen LogP contribution in [0.3, 0.4) is 0 Å². The van der Waals surface area contributed by atoms with E-state index in [9.17, 15) is 34.2 Å². The summed E-state index contributed by atoms with van der Waals surface area (Å²) in [6.45, 7) is 4.85. The monoisotopic (exact) mass is 507 g/mol. The van der Waals surface area contributed by atoms with Gasteiger partial charge in [-0.15, -0.1) is 0 Å². The van der Waals surface area contributed by atoms with Crippen LogP contribution in [0.4, 0.5) is 0 Å². The number of aliphatic hydroxyl groups is 1. The third-order valence-electron chi connectivity index (χ3n) is 5.83. The van der Waals surface area contributed by atoms with Gasteiger partial charge in [0.15, 0.2) is 6.04 Å². The smallest absolute Gasteiger partial charge is 0.328 e. The summed E-state index contributed by atoms with van der Waals surface area (Å²) in [6.07, 6.45) is -1.13. The Morgan fingerprint density at radius 2 is 1.47 bits per heavy atom. The molecular weight excluding hydrogens is 470 g/mol. The molecule has 1 aromatic carbocycles. The number of carboxylic acid groups (broad SMARTS) is 1. The van der Waals surface area contributed by atoms with Crippen molar-refractivity contribution in [3.05, 3.63) is 35.9 Å². The predicted molar refractivity (Wildman–Crippen MR) is 131 cm³/mol. The fourth-order valence-corrected chi connectivity index (χ4v) is 3.31. The highest BCUT2D eigenvalue weighted by Gasteiger charge is 2.32. The first-order chi connectivity index (χ1) is 16.9. The van der Waals surface area contributed by atoms with Crippen LogP contribution in [0.5, 0.6) is 0 Å². The standard InChI is InChI=1S/C24H37N5O7/c1-4-13(2)19(26)23(34)27-16(10-11-18(25)31)21(32)28-17(12-15-8-6-5-7-9-15)22(33)29-20(14(3)30)24(35)36/h5-9,13-14,16-17,19-20,30H,4,10-12,26H2,1-3H3,(H2,25,31)(H,27,34)(H,28,32)(H,29,33)(H,35,36). The molecule has 9 N–H and O–H groups in total. The summed E-state index contributed by atoms with van der Waals surface area (Å²) in [6, 6.07) is 3.68. The lowest BCUT2D eigenvalue weighted by atomic mass is 9.98. The quantitative estimate of drug-likeness (QED) is 0.152. The van der Waals surface area contributed by atoms with E-state index in [4.69, 9.17) is 11.5 Å². The number of carboxylic acids is 1. The van der Waals surface area contributed by atoms with Gasteiger partial charge >= 0.3 is 5.97 Å². The molecule has 12 nitrogen and oxygen atoms in total. The second kappa shape index (κ2) is 14.8. The van der Waals surface area contributed by atoms with Crippen molar-refractivity contribution in [3.63, 3.8) is 0 Å². The van der Waals surface area contributed by atoms with Crippen molar-refractivity contribution in [1.29, 1.82) is 0 Å². The second-order valence-corrected chi connectivity index (χ2v) is 8.79. The zero-order valence-electron chi connectivity index (χ0n) is 20.8. The minimum Gasteiger partial charge on any atom is -0.480 e. The van der Waals surface area contributed by atoms with Crippen LogP contribution >= 0.6 is 0 Å². The number of aliphatic hydroxyl groups excluding tert-OH is 1. The molecule has 4 amide bonds. The third-order valence-corrected chi connectivity index (χ3v) is 5.83. The maximum absolute atomic E-state index is 13.1. The first kappa shape index (κ1) is 30.5. The molecule has 0 spiro atoms. The highest BCUT2D eigenvalue weighted by Crippen LogP contribution is 2.09. The van der Waals surface area contributed by atoms with Crippen LogP contribution in [-0.2, 0) is 30.4 Å². The zero-order valence-corrected chi connectivity index (χ0v) is 20.8. The molecule has 1 rings (SSSR count). The second-order valence-electron chi connectivity index (χ2n) is 8.79. The lowest BCUT2D eigenvalue weighted by Gasteiger charge is -2.26. The number of aliphatic carboxylic acids is 1. The normalized spacial score (nSPS) is 15.9. The summed E-state index contributed by atoms with van der Waals surface area (Å²) >= 11 is 0. The van der Waals surface area contributed by atoms with Crippen molar-refractivity contribution in [3.8, 4) is 0 Å². The Labute approximate surface area is 210 Å². The summed E-state index contributed by atoms with van der Waals surface area (Å²) in [7, 11) is 0. The maximum atomic E-state index is 13.1. The lowest BCUT2D eigenvalue weighted by molar-refractivity contribution is -0.145. The van der Waals surface area contributed by atoms with Gasteiger partial charge in [-0.2, -0.15) is 0 Å². The summed E-state index contributed by atoms with van der Waals surface area (Å²) in [4.78, 5) is 61.5. The Morgan fingerprint density at radius 1 is 0.917 bits per heavy atom. The van der Waals surface area contributed by atoms with Gasteiger partial charge in [-0.3, -0.25) is 19.2 Å². The topological polar surface area (TPSA) is 214 Å². The van der Waals surface area contributed by atoms with Gasteiger partial charge in [0.1, 0.15) is 12.1 Å². The van der Waals surface area contributed by atoms with E-state index < -0.39 is 59.9 Å². The van der Waals surface area contributed by atoms with Crippen molar-refractivity contribution in [1.82, 2.24) is 16.0 Å². The number of hydrogen-bond acceptors (Lipinski definition) is 7. The van der Waals surface area contributed by atoms with E-state index in [1.807, 2.05) is 6.92 Å². The molecule has 0 heterocycles. The number of amides is 4. The Kier molecular flexibility index (Phi) is 12.5. The Morgan fingerprint density at radius 3 is 1.97 bits per heavy atom. The maximum Gasteiger partial charge on any atom is 0.328 e. The molecular formula is C24H37N5O7. The first-order valence-corrected chi connectivity index (χ1v) is 11.8. The van der Waals surface area contributed by atoms with E-state index >= 15 is 0 Å². The number of carbonyl (C=O) groups excluding carboxylic acids is 4. The molecule has 0 radical (unpaired) electrons. The summed E-state index contributed by atoms with van der Waals surface area (Å²) < 4.78 is 0. The van der Waals surface area contributed by atoms with E-state index in [2.05, 4.69) is 16.0 Å². The van der Waals surface area contributed by atoms with Crippen molar-refractivity contribution in [2.75, 3.05) is 0 Å². The van der Waals surface area contributed by atoms with Crippen molar-refractivity contribution in [2.24, 2.45) is 17.4 Å². The number of carbonyl (C=O) groups is 5. The first-order valence-electron chi connectivity index (χ1n) is 11.8. The molecule has 36 heavy (non-hydrogen) atoms. The van der Waals surface area contributed by atoms with Crippen molar-refractivity contribution >= 4 is 29.6 Å². The molecule has 12 heteroatoms. The van der Waals surface area contributed by atoms with Gasteiger partial charge < -0.3 is 37.6 Å². The van der Waals surface area contributed by atoms with E-state index in [1.54, 1.807) is 37.3 Å². The van der Waals surface area contributed by atoms with Gasteiger partial charge in [0, 0.05) is 12.8 Å². The molecule has 0 aromatic heterocycles. The van der Waals surface area contributed by atoms with Crippen LogP contribution in [0.1, 0.15) is 45.6 Å². The van der Waals surface area contributed by atoms with E-state index in [-0.39, 0.29) is 25.2 Å². The summed E-state index contributed by atoms with van der Waals surface area (Å²) in [5, 5.41) is 26.3. The van der Waals surface area contributed by atoms with Crippen LogP contribution in [0.25, 0.3) is 0 Å². The average Bonchev–Trinajstić information content (AvgIpc) is 2.83. The molecule has 0 aliphatic heterocycles. The number of rotatable bonds is 15. The minimum absolute atomic E-state index is 0.00652. The Bertz CT molecular complexity index is 909. The molecule has 200 valence electrons. The number of nitrogens with two attached hydrogens (primary N) is 2. The van der Waals surface area contributed by atoms with Gasteiger partial charge in [0.25, 0.3) is 0 Å². The van der Waals surface area contributed by atoms with Crippen LogP contribution in [0, 0.1) is 5.92 Å². The van der Waals surface area contributed by atoms with Gasteiger partial charge in [-0.05, 0) is 24.8 Å². The molecule has 0 aliphatic rings. The zero-order chi connectivity index (χ0) is 27.4. The van der Waals surface area contributed by atoms with Crippen molar-refractivity contribution < 1.29 is 34.2 Å². The number of primary amides is 1. The van der Waals surface area contributed by atoms with Gasteiger partial charge in [-0.1, -0.05) is 50.6 Å². The minimum atomic E-state index is -1.61. The summed E-state index contributed by atoms with van der Waals surface area (Å²) in [5.41, 5.74) is 11.8. The predicted octanol–water partition coefficient (Wildman–Crippen LogP) is -1.21. The van der Waals surface area contributed by atoms with Gasteiger partial charge in [0.05, 0.1) is 12.1 Å². The van der Waals surface area contributed by atoms with Crippen LogP contribution in [-0.4, -0.2) is 70.1 Å². The Hall–Kier alpha value is -3.51. The van der Waals surface area contributed by atoms with E-state index in [1.165, 1.54) is 6.92 Å². The van der Waals surface area contributed by atoms with E-state index in [0.717, 1.165) is 0 Å². The molecule has 0 bridgehead atoms. The van der Waals surface area contributed by atoms with Crippen LogP contribution in [0.15, 0.2) is 30.3 Å². The molecule has 0 fully saturated rings. The molecule has 0 saturated heterocycles. The van der Waals surface area contributed by atoms with Gasteiger partial charge in [0.2, 0.25) is 23.6 Å². The molecule has 6 unspecified atom stereocenters. The molecule has 1 aromatic rings. The number of nitrogens with one attached hydrogen (secondary N) is 3. The fourth-order valence-electron chi connectivity index (χ4n) is 3.31. The molecule has 0 aliphatic carbocycles. The SMILES string of the molecule is CCC(C)C(N)C(=O)NC(CCC(N)=O)C(=O)NC(Cc1ccccc1)C(=O)NC(C(=O)O)C(C)O. The van der Waals surface area contributed by atoms with Crippen molar-refractivity contribution in [2.45, 2.75) is 76.7 Å². The fraction of sp³-hybridized carbons (Fsp3) is 0.542. The van der Waals surface area contributed by atoms with Gasteiger partial charge in [-0.25, -0.2) is 4.79 Å². The molecule has 0 saturated carbocycles. The van der Waals surface area contributed by atoms with E-state index in [0.29, 0.717) is 12.0 Å². The summed E-state index contributed by atoms with van der Waals surface area (Å²) in [5.74, 6) is -4.53. The molecule has 6 atom stereocenters. The number of hydrogen-bond donors (Lipinski definition) is 7.